The molecule has 8 heteroatoms. The van der Waals surface area contributed by atoms with Crippen LogP contribution in [0.3, 0.4) is 0 Å². The minimum atomic E-state index is -1.47. The van der Waals surface area contributed by atoms with Gasteiger partial charge in [-0.2, -0.15) is 0 Å². The summed E-state index contributed by atoms with van der Waals surface area (Å²) in [6, 6.07) is 3.69. The van der Waals surface area contributed by atoms with Crippen LogP contribution >= 0.6 is 0 Å². The normalized spacial score (nSPS) is 12.2. The van der Waals surface area contributed by atoms with E-state index in [9.17, 15) is 20.0 Å². The molecule has 1 aromatic rings. The summed E-state index contributed by atoms with van der Waals surface area (Å²) in [4.78, 5) is 21.1. The maximum Gasteiger partial charge on any atom is 0.346 e. The van der Waals surface area contributed by atoms with E-state index in [2.05, 4.69) is 0 Å². The number of carbonyl (C=O) groups is 1. The lowest BCUT2D eigenvalue weighted by molar-refractivity contribution is -0.385. The van der Waals surface area contributed by atoms with Gasteiger partial charge in [0, 0.05) is 6.07 Å². The summed E-state index contributed by atoms with van der Waals surface area (Å²) in [5.41, 5.74) is -1.10. The molecule has 0 aliphatic carbocycles. The molecular formula is C13H17NO7. The quantitative estimate of drug-likeness (QED) is 0.550. The third kappa shape index (κ3) is 5.01. The number of nitrogens with zero attached hydrogens (tertiary/aromatic N) is 1. The molecule has 0 aliphatic rings. The Morgan fingerprint density at radius 1 is 1.38 bits per heavy atom. The second-order valence-electron chi connectivity index (χ2n) is 4.56. The highest BCUT2D eigenvalue weighted by Crippen LogP contribution is 2.28. The molecule has 0 bridgehead atoms. The minimum absolute atomic E-state index is 0.0228. The minimum Gasteiger partial charge on any atom is -0.490 e. The van der Waals surface area contributed by atoms with Crippen molar-refractivity contribution in [3.8, 4) is 5.75 Å². The summed E-state index contributed by atoms with van der Waals surface area (Å²) >= 11 is 0. The average molecular weight is 299 g/mol. The fourth-order valence-corrected chi connectivity index (χ4v) is 1.54. The third-order valence-electron chi connectivity index (χ3n) is 2.47. The first-order chi connectivity index (χ1) is 9.82. The number of carboxylic acid groups (broad SMARTS) is 1. The van der Waals surface area contributed by atoms with Crippen molar-refractivity contribution in [1.82, 2.24) is 0 Å². The van der Waals surface area contributed by atoms with Crippen LogP contribution in [0.4, 0.5) is 5.69 Å². The molecule has 0 heterocycles. The Balaban J connectivity index is 2.81. The van der Waals surface area contributed by atoms with E-state index in [0.717, 1.165) is 6.07 Å². The lowest BCUT2D eigenvalue weighted by Crippen LogP contribution is -2.25. The molecule has 0 aromatic heterocycles. The highest BCUT2D eigenvalue weighted by atomic mass is 16.6. The Labute approximate surface area is 121 Å². The van der Waals surface area contributed by atoms with E-state index >= 15 is 0 Å². The van der Waals surface area contributed by atoms with E-state index < -0.39 is 28.2 Å². The predicted octanol–water partition coefficient (Wildman–Crippen LogP) is 1.46. The maximum absolute atomic E-state index is 11.1. The fourth-order valence-electron chi connectivity index (χ4n) is 1.54. The Kier molecular flexibility index (Phi) is 6.07. The number of aromatic carboxylic acids is 1. The highest BCUT2D eigenvalue weighted by Gasteiger charge is 2.25. The second-order valence-corrected chi connectivity index (χ2v) is 4.56. The van der Waals surface area contributed by atoms with Crippen molar-refractivity contribution in [1.29, 1.82) is 0 Å². The van der Waals surface area contributed by atoms with Crippen molar-refractivity contribution < 1.29 is 29.4 Å². The summed E-state index contributed by atoms with van der Waals surface area (Å²) < 4.78 is 10.3. The predicted molar refractivity (Wildman–Crippen MR) is 72.6 cm³/mol. The van der Waals surface area contributed by atoms with Crippen LogP contribution in [-0.2, 0) is 4.74 Å². The van der Waals surface area contributed by atoms with Crippen LogP contribution in [0.1, 0.15) is 24.2 Å². The van der Waals surface area contributed by atoms with E-state index in [-0.39, 0.29) is 25.1 Å². The van der Waals surface area contributed by atoms with Crippen LogP contribution in [0.15, 0.2) is 18.2 Å². The number of aliphatic hydroxyl groups is 1. The molecule has 2 N–H and O–H groups in total. The smallest absolute Gasteiger partial charge is 0.346 e. The first-order valence-corrected chi connectivity index (χ1v) is 6.26. The van der Waals surface area contributed by atoms with Crippen molar-refractivity contribution in [3.63, 3.8) is 0 Å². The summed E-state index contributed by atoms with van der Waals surface area (Å²) in [6.07, 6.45) is -1.03. The Hall–Kier alpha value is -2.19. The number of nitro groups is 1. The lowest BCUT2D eigenvalue weighted by atomic mass is 10.1. The molecule has 0 radical (unpaired) electrons. The number of nitro benzene ring substituents is 1. The van der Waals surface area contributed by atoms with E-state index in [1.54, 1.807) is 13.8 Å². The van der Waals surface area contributed by atoms with Gasteiger partial charge >= 0.3 is 5.97 Å². The molecule has 1 aromatic carbocycles. The molecule has 116 valence electrons. The molecule has 8 nitrogen and oxygen atoms in total. The van der Waals surface area contributed by atoms with Gasteiger partial charge in [-0.1, -0.05) is 6.07 Å². The number of hydrogen-bond donors (Lipinski definition) is 2. The van der Waals surface area contributed by atoms with Crippen LogP contribution in [0.25, 0.3) is 0 Å². The first-order valence-electron chi connectivity index (χ1n) is 6.26. The molecular weight excluding hydrogens is 282 g/mol. The average Bonchev–Trinajstić information content (AvgIpc) is 2.41. The van der Waals surface area contributed by atoms with Crippen LogP contribution in [0.2, 0.25) is 0 Å². The Morgan fingerprint density at radius 3 is 2.57 bits per heavy atom. The number of ether oxygens (including phenoxy) is 2. The molecule has 0 spiro atoms. The molecule has 1 unspecified atom stereocenters. The molecule has 21 heavy (non-hydrogen) atoms. The monoisotopic (exact) mass is 299 g/mol. The summed E-state index contributed by atoms with van der Waals surface area (Å²) in [7, 11) is 0. The van der Waals surface area contributed by atoms with Gasteiger partial charge in [0.05, 0.1) is 17.6 Å². The summed E-state index contributed by atoms with van der Waals surface area (Å²) in [5, 5.41) is 29.5. The zero-order valence-corrected chi connectivity index (χ0v) is 11.7. The lowest BCUT2D eigenvalue weighted by Gasteiger charge is -2.15. The molecule has 0 amide bonds. The third-order valence-corrected chi connectivity index (χ3v) is 2.47. The maximum atomic E-state index is 11.1. The van der Waals surface area contributed by atoms with E-state index in [1.807, 2.05) is 0 Å². The Morgan fingerprint density at radius 2 is 2.05 bits per heavy atom. The van der Waals surface area contributed by atoms with Gasteiger partial charge in [0.1, 0.15) is 18.5 Å². The van der Waals surface area contributed by atoms with Gasteiger partial charge in [0.25, 0.3) is 5.69 Å². The molecule has 1 rings (SSSR count). The summed E-state index contributed by atoms with van der Waals surface area (Å²) in [5.74, 6) is -1.63. The number of aliphatic hydroxyl groups excluding tert-OH is 1. The van der Waals surface area contributed by atoms with Crippen LogP contribution in [0, 0.1) is 10.1 Å². The second kappa shape index (κ2) is 7.55. The van der Waals surface area contributed by atoms with Gasteiger partial charge in [-0.15, -0.1) is 0 Å². The van der Waals surface area contributed by atoms with Crippen molar-refractivity contribution in [3.05, 3.63) is 33.9 Å². The van der Waals surface area contributed by atoms with Gasteiger partial charge < -0.3 is 19.7 Å². The van der Waals surface area contributed by atoms with Crippen LogP contribution in [0.5, 0.6) is 5.75 Å². The Bertz CT molecular complexity index is 515. The number of hydrogen-bond acceptors (Lipinski definition) is 6. The molecule has 1 atom stereocenters. The number of rotatable bonds is 8. The largest absolute Gasteiger partial charge is 0.490 e. The van der Waals surface area contributed by atoms with Gasteiger partial charge in [-0.3, -0.25) is 10.1 Å². The van der Waals surface area contributed by atoms with Crippen molar-refractivity contribution >= 4 is 11.7 Å². The fraction of sp³-hybridized carbons (Fsp3) is 0.462. The zero-order chi connectivity index (χ0) is 16.0. The molecule has 0 aliphatic heterocycles. The number of benzene rings is 1. The molecule has 0 fully saturated rings. The topological polar surface area (TPSA) is 119 Å². The summed E-state index contributed by atoms with van der Waals surface area (Å²) in [6.45, 7) is 3.40. The van der Waals surface area contributed by atoms with Crippen LogP contribution in [-0.4, -0.2) is 46.5 Å². The van der Waals surface area contributed by atoms with Gasteiger partial charge in [-0.05, 0) is 19.9 Å². The van der Waals surface area contributed by atoms with E-state index in [0.29, 0.717) is 0 Å². The van der Waals surface area contributed by atoms with E-state index in [4.69, 9.17) is 14.6 Å². The van der Waals surface area contributed by atoms with Crippen molar-refractivity contribution in [2.75, 3.05) is 13.2 Å². The first kappa shape index (κ1) is 16.9. The van der Waals surface area contributed by atoms with Gasteiger partial charge in [0.15, 0.2) is 5.56 Å². The standard InChI is InChI=1S/C13H17NO7/c1-8(2)20-6-9(15)7-21-11-5-3-4-10(14(18)19)12(11)13(16)17/h3-5,8-9,15H,6-7H2,1-2H3,(H,16,17). The highest BCUT2D eigenvalue weighted by molar-refractivity contribution is 5.95. The molecule has 0 saturated carbocycles. The van der Waals surface area contributed by atoms with Crippen molar-refractivity contribution in [2.24, 2.45) is 0 Å². The molecule has 0 saturated heterocycles. The van der Waals surface area contributed by atoms with Crippen LogP contribution < -0.4 is 4.74 Å². The van der Waals surface area contributed by atoms with E-state index in [1.165, 1.54) is 12.1 Å². The van der Waals surface area contributed by atoms with Crippen molar-refractivity contribution in [2.45, 2.75) is 26.1 Å². The van der Waals surface area contributed by atoms with Gasteiger partial charge in [-0.25, -0.2) is 4.79 Å². The zero-order valence-electron chi connectivity index (χ0n) is 11.7. The SMILES string of the molecule is CC(C)OCC(O)COc1cccc([N+](=O)[O-])c1C(=O)O. The number of carboxylic acids is 1. The van der Waals surface area contributed by atoms with Gasteiger partial charge in [0.2, 0.25) is 0 Å².